The molecule has 132 valence electrons. The summed E-state index contributed by atoms with van der Waals surface area (Å²) in [4.78, 5) is 14.9. The molecule has 1 fully saturated rings. The van der Waals surface area contributed by atoms with Gasteiger partial charge in [-0.05, 0) is 56.5 Å². The van der Waals surface area contributed by atoms with Crippen LogP contribution in [-0.4, -0.2) is 30.6 Å². The van der Waals surface area contributed by atoms with Gasteiger partial charge in [-0.15, -0.1) is 0 Å². The molecule has 0 aliphatic carbocycles. The lowest BCUT2D eigenvalue weighted by Crippen LogP contribution is -2.40. The van der Waals surface area contributed by atoms with Crippen molar-refractivity contribution in [2.24, 2.45) is 0 Å². The number of aryl methyl sites for hydroxylation is 1. The Bertz CT molecular complexity index is 709. The normalized spacial score (nSPS) is 18.0. The first-order chi connectivity index (χ1) is 12.1. The number of benzene rings is 2. The minimum atomic E-state index is -0.514. The molecule has 1 saturated heterocycles. The van der Waals surface area contributed by atoms with Gasteiger partial charge in [-0.2, -0.15) is 0 Å². The second kappa shape index (κ2) is 7.60. The van der Waals surface area contributed by atoms with Crippen molar-refractivity contribution < 1.29 is 14.3 Å². The minimum absolute atomic E-state index is 0.0406. The van der Waals surface area contributed by atoms with Gasteiger partial charge in [0.2, 0.25) is 0 Å². The lowest BCUT2D eigenvalue weighted by Gasteiger charge is -2.28. The second-order valence-electron chi connectivity index (χ2n) is 6.54. The van der Waals surface area contributed by atoms with Gasteiger partial charge in [0.05, 0.1) is 13.2 Å². The Hall–Kier alpha value is -2.49. The third-order valence-corrected chi connectivity index (χ3v) is 4.72. The highest BCUT2D eigenvalue weighted by atomic mass is 16.5. The highest BCUT2D eigenvalue weighted by Gasteiger charge is 2.33. The van der Waals surface area contributed by atoms with Crippen LogP contribution in [0, 0.1) is 6.92 Å². The maximum atomic E-state index is 12.9. The van der Waals surface area contributed by atoms with Crippen molar-refractivity contribution in [3.05, 3.63) is 59.7 Å². The predicted octanol–water partition coefficient (Wildman–Crippen LogP) is 4.13. The molecule has 0 unspecified atom stereocenters. The fourth-order valence-electron chi connectivity index (χ4n) is 3.31. The molecule has 1 heterocycles. The topological polar surface area (TPSA) is 38.8 Å². The molecule has 3 rings (SSSR count). The highest BCUT2D eigenvalue weighted by Crippen LogP contribution is 2.33. The number of hydrogen-bond acceptors (Lipinski definition) is 3. The van der Waals surface area contributed by atoms with Crippen LogP contribution in [0.4, 0.5) is 0 Å². The van der Waals surface area contributed by atoms with Crippen LogP contribution in [0.5, 0.6) is 11.5 Å². The SMILES string of the molecule is COc1ccc(O[C@H](C)C(=O)N2CCC[C@H]2c2ccc(C)cc2)cc1. The van der Waals surface area contributed by atoms with Crippen LogP contribution in [0.3, 0.4) is 0 Å². The molecule has 0 N–H and O–H groups in total. The van der Waals surface area contributed by atoms with Crippen molar-refractivity contribution in [3.8, 4) is 11.5 Å². The largest absolute Gasteiger partial charge is 0.497 e. The van der Waals surface area contributed by atoms with E-state index in [2.05, 4.69) is 31.2 Å². The van der Waals surface area contributed by atoms with Crippen molar-refractivity contribution in [1.82, 2.24) is 4.90 Å². The summed E-state index contributed by atoms with van der Waals surface area (Å²) in [5, 5.41) is 0. The zero-order valence-electron chi connectivity index (χ0n) is 15.1. The third kappa shape index (κ3) is 3.95. The molecule has 1 aliphatic heterocycles. The standard InChI is InChI=1S/C21H25NO3/c1-15-6-8-17(9-7-15)20-5-4-14-22(20)21(23)16(2)25-19-12-10-18(24-3)11-13-19/h6-13,16,20H,4-5,14H2,1-3H3/t16-,20+/m1/s1. The van der Waals surface area contributed by atoms with Crippen LogP contribution >= 0.6 is 0 Å². The van der Waals surface area contributed by atoms with Crippen molar-refractivity contribution in [2.45, 2.75) is 38.8 Å². The van der Waals surface area contributed by atoms with Gasteiger partial charge in [-0.3, -0.25) is 4.79 Å². The molecule has 0 radical (unpaired) electrons. The molecule has 0 saturated carbocycles. The quantitative estimate of drug-likeness (QED) is 0.822. The first kappa shape index (κ1) is 17.3. The summed E-state index contributed by atoms with van der Waals surface area (Å²) >= 11 is 0. The number of carbonyl (C=O) groups is 1. The van der Waals surface area contributed by atoms with E-state index in [1.54, 1.807) is 7.11 Å². The number of methoxy groups -OCH3 is 1. The number of hydrogen-bond donors (Lipinski definition) is 0. The molecule has 1 amide bonds. The molecular formula is C21H25NO3. The molecule has 2 atom stereocenters. The van der Waals surface area contributed by atoms with Crippen molar-refractivity contribution >= 4 is 5.91 Å². The zero-order chi connectivity index (χ0) is 17.8. The number of amides is 1. The van der Waals surface area contributed by atoms with Crippen LogP contribution in [0.1, 0.15) is 36.9 Å². The van der Waals surface area contributed by atoms with Crippen LogP contribution < -0.4 is 9.47 Å². The zero-order valence-corrected chi connectivity index (χ0v) is 15.1. The second-order valence-corrected chi connectivity index (χ2v) is 6.54. The number of likely N-dealkylation sites (tertiary alicyclic amines) is 1. The van der Waals surface area contributed by atoms with Gasteiger partial charge >= 0.3 is 0 Å². The summed E-state index contributed by atoms with van der Waals surface area (Å²) in [5.41, 5.74) is 2.43. The molecule has 2 aromatic rings. The van der Waals surface area contributed by atoms with Crippen molar-refractivity contribution in [3.63, 3.8) is 0 Å². The van der Waals surface area contributed by atoms with E-state index in [0.29, 0.717) is 5.75 Å². The van der Waals surface area contributed by atoms with E-state index in [-0.39, 0.29) is 11.9 Å². The summed E-state index contributed by atoms with van der Waals surface area (Å²) in [7, 11) is 1.63. The Morgan fingerprint density at radius 1 is 1.08 bits per heavy atom. The summed E-state index contributed by atoms with van der Waals surface area (Å²) in [6.07, 6.45) is 1.52. The smallest absolute Gasteiger partial charge is 0.263 e. The molecule has 0 aromatic heterocycles. The van der Waals surface area contributed by atoms with Gasteiger partial charge in [0.15, 0.2) is 6.10 Å². The van der Waals surface area contributed by atoms with E-state index in [1.807, 2.05) is 36.1 Å². The molecular weight excluding hydrogens is 314 g/mol. The summed E-state index contributed by atoms with van der Waals surface area (Å²) in [5.74, 6) is 1.48. The fourth-order valence-corrected chi connectivity index (χ4v) is 3.31. The van der Waals surface area contributed by atoms with Gasteiger partial charge < -0.3 is 14.4 Å². The van der Waals surface area contributed by atoms with E-state index < -0.39 is 6.10 Å². The third-order valence-electron chi connectivity index (χ3n) is 4.72. The fraction of sp³-hybridized carbons (Fsp3) is 0.381. The minimum Gasteiger partial charge on any atom is -0.497 e. The van der Waals surface area contributed by atoms with Gasteiger partial charge in [0.1, 0.15) is 11.5 Å². The highest BCUT2D eigenvalue weighted by molar-refractivity contribution is 5.81. The maximum absolute atomic E-state index is 12.9. The van der Waals surface area contributed by atoms with Crippen LogP contribution in [0.25, 0.3) is 0 Å². The Labute approximate surface area is 149 Å². The van der Waals surface area contributed by atoms with E-state index in [9.17, 15) is 4.79 Å². The van der Waals surface area contributed by atoms with Crippen molar-refractivity contribution in [2.75, 3.05) is 13.7 Å². The van der Waals surface area contributed by atoms with E-state index in [1.165, 1.54) is 11.1 Å². The molecule has 2 aromatic carbocycles. The Kier molecular flexibility index (Phi) is 5.27. The average Bonchev–Trinajstić information content (AvgIpc) is 3.12. The summed E-state index contributed by atoms with van der Waals surface area (Å²) in [6.45, 7) is 4.68. The summed E-state index contributed by atoms with van der Waals surface area (Å²) in [6, 6.07) is 15.9. The average molecular weight is 339 g/mol. The van der Waals surface area contributed by atoms with Gasteiger partial charge in [0, 0.05) is 6.54 Å². The molecule has 0 bridgehead atoms. The van der Waals surface area contributed by atoms with Gasteiger partial charge in [-0.1, -0.05) is 29.8 Å². The molecule has 4 nitrogen and oxygen atoms in total. The Balaban J connectivity index is 1.68. The van der Waals surface area contributed by atoms with E-state index in [0.717, 1.165) is 25.1 Å². The monoisotopic (exact) mass is 339 g/mol. The lowest BCUT2D eigenvalue weighted by atomic mass is 10.0. The van der Waals surface area contributed by atoms with Gasteiger partial charge in [-0.25, -0.2) is 0 Å². The van der Waals surface area contributed by atoms with Crippen molar-refractivity contribution in [1.29, 1.82) is 0 Å². The molecule has 0 spiro atoms. The Morgan fingerprint density at radius 3 is 2.36 bits per heavy atom. The lowest BCUT2D eigenvalue weighted by molar-refractivity contribution is -0.138. The molecule has 1 aliphatic rings. The van der Waals surface area contributed by atoms with Gasteiger partial charge in [0.25, 0.3) is 5.91 Å². The Morgan fingerprint density at radius 2 is 1.72 bits per heavy atom. The van der Waals surface area contributed by atoms with Crippen LogP contribution in [-0.2, 0) is 4.79 Å². The van der Waals surface area contributed by atoms with Crippen LogP contribution in [0.15, 0.2) is 48.5 Å². The van der Waals surface area contributed by atoms with Crippen LogP contribution in [0.2, 0.25) is 0 Å². The van der Waals surface area contributed by atoms with E-state index >= 15 is 0 Å². The predicted molar refractivity (Wildman–Crippen MR) is 98.0 cm³/mol. The van der Waals surface area contributed by atoms with E-state index in [4.69, 9.17) is 9.47 Å². The first-order valence-electron chi connectivity index (χ1n) is 8.76. The number of nitrogens with zero attached hydrogens (tertiary/aromatic N) is 1. The molecule has 25 heavy (non-hydrogen) atoms. The number of ether oxygens (including phenoxy) is 2. The first-order valence-corrected chi connectivity index (χ1v) is 8.76. The molecule has 4 heteroatoms. The number of rotatable bonds is 5. The summed E-state index contributed by atoms with van der Waals surface area (Å²) < 4.78 is 11.0. The maximum Gasteiger partial charge on any atom is 0.263 e. The number of carbonyl (C=O) groups excluding carboxylic acids is 1.